The smallest absolute Gasteiger partial charge is 0.433 e. The van der Waals surface area contributed by atoms with Crippen molar-refractivity contribution >= 4 is 0 Å². The van der Waals surface area contributed by atoms with Gasteiger partial charge in [0.1, 0.15) is 11.5 Å². The summed E-state index contributed by atoms with van der Waals surface area (Å²) in [6.45, 7) is 0. The van der Waals surface area contributed by atoms with E-state index in [-0.39, 0.29) is 5.88 Å². The van der Waals surface area contributed by atoms with Crippen LogP contribution in [-0.4, -0.2) is 12.1 Å². The molecule has 2 nitrogen and oxygen atoms in total. The van der Waals surface area contributed by atoms with Crippen LogP contribution in [0, 0.1) is 5.82 Å². The van der Waals surface area contributed by atoms with E-state index in [0.717, 1.165) is 6.07 Å². The molecule has 0 bridgehead atoms. The van der Waals surface area contributed by atoms with Gasteiger partial charge in [0.2, 0.25) is 5.88 Å². The summed E-state index contributed by atoms with van der Waals surface area (Å²) in [6, 6.07) is 7.52. The summed E-state index contributed by atoms with van der Waals surface area (Å²) in [5.41, 5.74) is -0.349. The maximum absolute atomic E-state index is 13.1. The molecular weight excluding hydrogens is 262 g/mol. The Hall–Kier alpha value is -2.11. The number of pyridine rings is 1. The lowest BCUT2D eigenvalue weighted by atomic mass is 10.1. The topological polar surface area (TPSA) is 22.1 Å². The third kappa shape index (κ3) is 2.83. The van der Waals surface area contributed by atoms with Crippen LogP contribution in [0.3, 0.4) is 0 Å². The van der Waals surface area contributed by atoms with Crippen molar-refractivity contribution in [2.24, 2.45) is 0 Å². The van der Waals surface area contributed by atoms with Gasteiger partial charge >= 0.3 is 6.18 Å². The third-order valence-electron chi connectivity index (χ3n) is 2.48. The van der Waals surface area contributed by atoms with Crippen LogP contribution in [0.15, 0.2) is 36.4 Å². The summed E-state index contributed by atoms with van der Waals surface area (Å²) in [7, 11) is 1.21. The highest BCUT2D eigenvalue weighted by Gasteiger charge is 2.33. The molecular formula is C13H9F4NO. The van der Waals surface area contributed by atoms with Crippen LogP contribution < -0.4 is 4.74 Å². The van der Waals surface area contributed by atoms with Crippen LogP contribution >= 0.6 is 0 Å². The molecule has 1 heterocycles. The molecule has 1 aromatic carbocycles. The van der Waals surface area contributed by atoms with Gasteiger partial charge in [0, 0.05) is 5.56 Å². The van der Waals surface area contributed by atoms with Gasteiger partial charge in [0.25, 0.3) is 0 Å². The van der Waals surface area contributed by atoms with Gasteiger partial charge in [0.15, 0.2) is 0 Å². The number of ether oxygens (including phenoxy) is 1. The largest absolute Gasteiger partial charge is 0.481 e. The van der Waals surface area contributed by atoms with E-state index in [1.165, 1.54) is 31.4 Å². The number of nitrogens with zero attached hydrogens (tertiary/aromatic N) is 1. The Morgan fingerprint density at radius 2 is 1.84 bits per heavy atom. The maximum Gasteiger partial charge on any atom is 0.433 e. The lowest BCUT2D eigenvalue weighted by Gasteiger charge is -2.11. The Kier molecular flexibility index (Phi) is 3.42. The average molecular weight is 271 g/mol. The van der Waals surface area contributed by atoms with E-state index in [2.05, 4.69) is 4.98 Å². The van der Waals surface area contributed by atoms with E-state index in [9.17, 15) is 17.6 Å². The van der Waals surface area contributed by atoms with Gasteiger partial charge in [-0.1, -0.05) is 12.1 Å². The zero-order valence-electron chi connectivity index (χ0n) is 9.83. The van der Waals surface area contributed by atoms with E-state index in [0.29, 0.717) is 11.1 Å². The normalized spacial score (nSPS) is 11.4. The molecule has 0 radical (unpaired) electrons. The molecule has 2 aromatic rings. The molecule has 2 rings (SSSR count). The van der Waals surface area contributed by atoms with E-state index >= 15 is 0 Å². The third-order valence-corrected chi connectivity index (χ3v) is 2.48. The zero-order chi connectivity index (χ0) is 14.0. The van der Waals surface area contributed by atoms with Crippen molar-refractivity contribution in [1.29, 1.82) is 0 Å². The van der Waals surface area contributed by atoms with Gasteiger partial charge in [-0.25, -0.2) is 9.37 Å². The number of benzene rings is 1. The Morgan fingerprint density at radius 3 is 2.42 bits per heavy atom. The summed E-state index contributed by atoms with van der Waals surface area (Å²) >= 11 is 0. The molecule has 0 saturated carbocycles. The van der Waals surface area contributed by atoms with Crippen LogP contribution in [0.4, 0.5) is 17.6 Å². The van der Waals surface area contributed by atoms with Gasteiger partial charge in [-0.15, -0.1) is 0 Å². The fourth-order valence-electron chi connectivity index (χ4n) is 1.63. The number of aromatic nitrogens is 1. The minimum Gasteiger partial charge on any atom is -0.481 e. The Balaban J connectivity index is 2.53. The Labute approximate surface area is 106 Å². The van der Waals surface area contributed by atoms with Crippen LogP contribution in [0.2, 0.25) is 0 Å². The SMILES string of the molecule is COc1nc(C(F)(F)F)ccc1-c1cccc(F)c1. The van der Waals surface area contributed by atoms with E-state index in [4.69, 9.17) is 4.74 Å². The van der Waals surface area contributed by atoms with Gasteiger partial charge < -0.3 is 4.74 Å². The number of methoxy groups -OCH3 is 1. The lowest BCUT2D eigenvalue weighted by molar-refractivity contribution is -0.141. The average Bonchev–Trinajstić information content (AvgIpc) is 2.37. The molecule has 0 aliphatic rings. The number of hydrogen-bond acceptors (Lipinski definition) is 2. The summed E-state index contributed by atoms with van der Waals surface area (Å²) in [6.07, 6.45) is -4.55. The highest BCUT2D eigenvalue weighted by atomic mass is 19.4. The van der Waals surface area contributed by atoms with E-state index in [1.807, 2.05) is 0 Å². The molecule has 0 spiro atoms. The molecule has 0 amide bonds. The molecule has 0 aliphatic carbocycles. The quantitative estimate of drug-likeness (QED) is 0.772. The minimum absolute atomic E-state index is 0.194. The Bertz CT molecular complexity index is 595. The van der Waals surface area contributed by atoms with Crippen LogP contribution in [0.25, 0.3) is 11.1 Å². The highest BCUT2D eigenvalue weighted by Crippen LogP contribution is 2.34. The van der Waals surface area contributed by atoms with Gasteiger partial charge in [0.05, 0.1) is 7.11 Å². The molecule has 6 heteroatoms. The Morgan fingerprint density at radius 1 is 1.11 bits per heavy atom. The first-order chi connectivity index (χ1) is 8.91. The molecule has 19 heavy (non-hydrogen) atoms. The standard InChI is InChI=1S/C13H9F4NO/c1-19-12-10(8-3-2-4-9(14)7-8)5-6-11(18-12)13(15,16)17/h2-7H,1H3. The van der Waals surface area contributed by atoms with Crippen molar-refractivity contribution < 1.29 is 22.3 Å². The zero-order valence-corrected chi connectivity index (χ0v) is 9.83. The fraction of sp³-hybridized carbons (Fsp3) is 0.154. The monoisotopic (exact) mass is 271 g/mol. The fourth-order valence-corrected chi connectivity index (χ4v) is 1.63. The van der Waals surface area contributed by atoms with Gasteiger partial charge in [-0.05, 0) is 29.8 Å². The predicted octanol–water partition coefficient (Wildman–Crippen LogP) is 3.92. The minimum atomic E-state index is -4.55. The van der Waals surface area contributed by atoms with Crippen LogP contribution in [-0.2, 0) is 6.18 Å². The van der Waals surface area contributed by atoms with Crippen molar-refractivity contribution in [3.8, 4) is 17.0 Å². The van der Waals surface area contributed by atoms with Crippen molar-refractivity contribution in [3.05, 3.63) is 47.9 Å². The van der Waals surface area contributed by atoms with Crippen molar-refractivity contribution in [1.82, 2.24) is 4.98 Å². The molecule has 0 fully saturated rings. The second-order valence-corrected chi connectivity index (χ2v) is 3.76. The molecule has 1 aromatic heterocycles. The second-order valence-electron chi connectivity index (χ2n) is 3.76. The summed E-state index contributed by atoms with van der Waals surface area (Å²) in [4.78, 5) is 3.40. The van der Waals surface area contributed by atoms with Crippen LogP contribution in [0.5, 0.6) is 5.88 Å². The maximum atomic E-state index is 13.1. The molecule has 0 unspecified atom stereocenters. The summed E-state index contributed by atoms with van der Waals surface area (Å²) in [5.74, 6) is -0.681. The van der Waals surface area contributed by atoms with E-state index < -0.39 is 17.7 Å². The van der Waals surface area contributed by atoms with Crippen molar-refractivity contribution in [3.63, 3.8) is 0 Å². The molecule has 0 aliphatic heterocycles. The number of halogens is 4. The molecule has 100 valence electrons. The van der Waals surface area contributed by atoms with Crippen molar-refractivity contribution in [2.45, 2.75) is 6.18 Å². The first-order valence-electron chi connectivity index (χ1n) is 5.30. The molecule has 0 N–H and O–H groups in total. The van der Waals surface area contributed by atoms with E-state index in [1.54, 1.807) is 6.07 Å². The first kappa shape index (κ1) is 13.3. The molecule has 0 atom stereocenters. The van der Waals surface area contributed by atoms with Crippen molar-refractivity contribution in [2.75, 3.05) is 7.11 Å². The number of alkyl halides is 3. The van der Waals surface area contributed by atoms with Gasteiger partial charge in [-0.2, -0.15) is 13.2 Å². The lowest BCUT2D eigenvalue weighted by Crippen LogP contribution is -2.08. The first-order valence-corrected chi connectivity index (χ1v) is 5.30. The molecule has 0 saturated heterocycles. The van der Waals surface area contributed by atoms with Crippen LogP contribution in [0.1, 0.15) is 5.69 Å². The highest BCUT2D eigenvalue weighted by molar-refractivity contribution is 5.68. The summed E-state index contributed by atoms with van der Waals surface area (Å²) in [5, 5.41) is 0. The second kappa shape index (κ2) is 4.87. The predicted molar refractivity (Wildman–Crippen MR) is 61.2 cm³/mol. The number of hydrogen-bond donors (Lipinski definition) is 0. The number of rotatable bonds is 2. The van der Waals surface area contributed by atoms with Gasteiger partial charge in [-0.3, -0.25) is 0 Å². The summed E-state index contributed by atoms with van der Waals surface area (Å²) < 4.78 is 55.5.